The number of methoxy groups -OCH3 is 1. The minimum atomic E-state index is 0.239. The van der Waals surface area contributed by atoms with Crippen LogP contribution in [0.1, 0.15) is 43.8 Å². The Bertz CT molecular complexity index is 893. The molecular weight excluding hydrogens is 382 g/mol. The lowest BCUT2D eigenvalue weighted by molar-refractivity contribution is 0.0564. The van der Waals surface area contributed by atoms with E-state index in [4.69, 9.17) is 14.7 Å². The Morgan fingerprint density at radius 3 is 2.79 bits per heavy atom. The Kier molecular flexibility index (Phi) is 5.90. The van der Waals surface area contributed by atoms with E-state index in [1.807, 2.05) is 6.07 Å². The molecular formula is C22H31N5OS. The highest BCUT2D eigenvalue weighted by atomic mass is 32.1. The molecule has 4 rings (SSSR count). The lowest BCUT2D eigenvalue weighted by atomic mass is 10.1. The van der Waals surface area contributed by atoms with Gasteiger partial charge in [-0.05, 0) is 32.5 Å². The summed E-state index contributed by atoms with van der Waals surface area (Å²) in [6.45, 7) is 9.42. The van der Waals surface area contributed by atoms with Crippen molar-refractivity contribution >= 4 is 33.5 Å². The van der Waals surface area contributed by atoms with Gasteiger partial charge in [0.05, 0.1) is 22.5 Å². The molecule has 1 saturated heterocycles. The maximum absolute atomic E-state index is 5.54. The maximum atomic E-state index is 5.54. The molecule has 0 radical (unpaired) electrons. The van der Waals surface area contributed by atoms with E-state index in [-0.39, 0.29) is 6.10 Å². The second-order valence-electron chi connectivity index (χ2n) is 8.32. The molecule has 1 fully saturated rings. The van der Waals surface area contributed by atoms with Crippen molar-refractivity contribution < 1.29 is 4.74 Å². The number of nitrogens with one attached hydrogen (secondary N) is 1. The number of para-hydroxylation sites is 2. The van der Waals surface area contributed by atoms with Gasteiger partial charge >= 0.3 is 0 Å². The second kappa shape index (κ2) is 8.42. The third kappa shape index (κ3) is 4.17. The van der Waals surface area contributed by atoms with Gasteiger partial charge in [0.1, 0.15) is 10.7 Å². The number of likely N-dealkylation sites (N-methyl/N-ethyl adjacent to an activating group) is 1. The van der Waals surface area contributed by atoms with Crippen LogP contribution >= 0.6 is 11.3 Å². The third-order valence-electron chi connectivity index (χ3n) is 5.81. The highest BCUT2D eigenvalue weighted by molar-refractivity contribution is 7.16. The molecule has 6 nitrogen and oxygen atoms in total. The van der Waals surface area contributed by atoms with E-state index in [0.29, 0.717) is 12.0 Å². The number of fused-ring (bicyclic) bond motifs is 2. The minimum Gasteiger partial charge on any atom is -0.382 e. The Balaban J connectivity index is 1.72. The largest absolute Gasteiger partial charge is 0.382 e. The molecule has 1 aromatic carbocycles. The first-order valence-electron chi connectivity index (χ1n) is 10.4. The fourth-order valence-corrected chi connectivity index (χ4v) is 4.86. The second-order valence-corrected chi connectivity index (χ2v) is 9.36. The fourth-order valence-electron chi connectivity index (χ4n) is 3.88. The fraction of sp³-hybridized carbons (Fsp3) is 0.545. The van der Waals surface area contributed by atoms with E-state index in [0.717, 1.165) is 59.0 Å². The molecule has 0 bridgehead atoms. The highest BCUT2D eigenvalue weighted by Crippen LogP contribution is 2.39. The molecule has 0 spiro atoms. The van der Waals surface area contributed by atoms with Crippen LogP contribution in [0.4, 0.5) is 16.4 Å². The number of ether oxygens (including phenoxy) is 1. The van der Waals surface area contributed by atoms with Crippen LogP contribution in [0.25, 0.3) is 0 Å². The van der Waals surface area contributed by atoms with E-state index in [9.17, 15) is 0 Å². The van der Waals surface area contributed by atoms with Crippen LogP contribution < -0.4 is 5.32 Å². The van der Waals surface area contributed by atoms with Gasteiger partial charge in [0.15, 0.2) is 5.84 Å². The van der Waals surface area contributed by atoms with Crippen molar-refractivity contribution in [1.29, 1.82) is 0 Å². The molecule has 156 valence electrons. The summed E-state index contributed by atoms with van der Waals surface area (Å²) in [6, 6.07) is 8.69. The summed E-state index contributed by atoms with van der Waals surface area (Å²) < 4.78 is 5.54. The van der Waals surface area contributed by atoms with Crippen LogP contribution in [0.3, 0.4) is 0 Å². The minimum absolute atomic E-state index is 0.239. The molecule has 7 heteroatoms. The van der Waals surface area contributed by atoms with Crippen molar-refractivity contribution in [2.75, 3.05) is 39.1 Å². The van der Waals surface area contributed by atoms with E-state index in [1.54, 1.807) is 18.4 Å². The van der Waals surface area contributed by atoms with Crippen molar-refractivity contribution in [1.82, 2.24) is 14.8 Å². The van der Waals surface area contributed by atoms with Gasteiger partial charge in [-0.2, -0.15) is 0 Å². The molecule has 1 N–H and O–H groups in total. The van der Waals surface area contributed by atoms with Crippen LogP contribution in [0.2, 0.25) is 0 Å². The quantitative estimate of drug-likeness (QED) is 0.803. The average molecular weight is 414 g/mol. The number of rotatable bonds is 4. The summed E-state index contributed by atoms with van der Waals surface area (Å²) in [6.07, 6.45) is 1.25. The lowest BCUT2D eigenvalue weighted by Crippen LogP contribution is -2.54. The normalized spacial score (nSPS) is 20.6. The molecule has 3 heterocycles. The van der Waals surface area contributed by atoms with Crippen LogP contribution in [0, 0.1) is 0 Å². The van der Waals surface area contributed by atoms with Crippen LogP contribution in [-0.4, -0.2) is 66.6 Å². The molecule has 0 amide bonds. The Hall–Kier alpha value is -1.96. The van der Waals surface area contributed by atoms with Crippen molar-refractivity contribution in [3.63, 3.8) is 0 Å². The summed E-state index contributed by atoms with van der Waals surface area (Å²) in [5, 5.41) is 5.84. The number of hydrogen-bond acceptors (Lipinski definition) is 7. The van der Waals surface area contributed by atoms with Crippen LogP contribution in [0.15, 0.2) is 29.3 Å². The van der Waals surface area contributed by atoms with Crippen molar-refractivity contribution in [3.8, 4) is 0 Å². The van der Waals surface area contributed by atoms with Crippen molar-refractivity contribution in [3.05, 3.63) is 35.0 Å². The standard InChI is InChI=1S/C22H31N5OS/c1-14(2)21-25-19-20(23-17-8-6-7-9-18(17)24-22(19)29-21)27-11-10-26(4)16(13-27)12-15(3)28-5/h6-9,14-16,24H,10-13H2,1-5H3/t15-,16+/m1/s1. The number of thiazole rings is 1. The number of aromatic nitrogens is 1. The molecule has 0 unspecified atom stereocenters. The topological polar surface area (TPSA) is 53.0 Å². The number of hydrogen-bond donors (Lipinski definition) is 1. The van der Waals surface area contributed by atoms with E-state index in [1.165, 1.54) is 0 Å². The van der Waals surface area contributed by atoms with Gasteiger partial charge in [-0.3, -0.25) is 4.90 Å². The zero-order chi connectivity index (χ0) is 20.5. The summed E-state index contributed by atoms with van der Waals surface area (Å²) in [4.78, 5) is 15.0. The lowest BCUT2D eigenvalue weighted by Gasteiger charge is -2.41. The van der Waals surface area contributed by atoms with Gasteiger partial charge in [-0.15, -0.1) is 11.3 Å². The first kappa shape index (κ1) is 20.3. The SMILES string of the molecule is CO[C@H](C)C[C@H]1CN(C2=Nc3ccccc3Nc3sc(C(C)C)nc32)CCN1C. The maximum Gasteiger partial charge on any atom is 0.158 e. The Labute approximate surface area is 177 Å². The number of anilines is 2. The van der Waals surface area contributed by atoms with Gasteiger partial charge < -0.3 is 15.0 Å². The number of nitrogens with zero attached hydrogens (tertiary/aromatic N) is 4. The number of amidine groups is 1. The summed E-state index contributed by atoms with van der Waals surface area (Å²) in [5.74, 6) is 1.39. The number of benzene rings is 1. The molecule has 2 aromatic rings. The van der Waals surface area contributed by atoms with Crippen molar-refractivity contribution in [2.45, 2.75) is 45.3 Å². The number of piperazine rings is 1. The van der Waals surface area contributed by atoms with Gasteiger partial charge in [-0.25, -0.2) is 9.98 Å². The predicted molar refractivity (Wildman–Crippen MR) is 121 cm³/mol. The first-order valence-corrected chi connectivity index (χ1v) is 11.2. The molecule has 1 aromatic heterocycles. The highest BCUT2D eigenvalue weighted by Gasteiger charge is 2.32. The van der Waals surface area contributed by atoms with E-state index >= 15 is 0 Å². The van der Waals surface area contributed by atoms with Crippen LogP contribution in [0.5, 0.6) is 0 Å². The molecule has 2 aliphatic rings. The Morgan fingerprint density at radius 2 is 2.03 bits per heavy atom. The molecule has 2 aliphatic heterocycles. The first-order chi connectivity index (χ1) is 14.0. The zero-order valence-electron chi connectivity index (χ0n) is 18.0. The van der Waals surface area contributed by atoms with Gasteiger partial charge in [0, 0.05) is 38.7 Å². The van der Waals surface area contributed by atoms with Gasteiger partial charge in [0.2, 0.25) is 0 Å². The molecule has 0 aliphatic carbocycles. The average Bonchev–Trinajstić information content (AvgIpc) is 3.06. The monoisotopic (exact) mass is 413 g/mol. The summed E-state index contributed by atoms with van der Waals surface area (Å²) in [7, 11) is 4.00. The summed E-state index contributed by atoms with van der Waals surface area (Å²) >= 11 is 1.74. The Morgan fingerprint density at radius 1 is 1.24 bits per heavy atom. The van der Waals surface area contributed by atoms with Gasteiger partial charge in [0.25, 0.3) is 0 Å². The zero-order valence-corrected chi connectivity index (χ0v) is 18.8. The van der Waals surface area contributed by atoms with E-state index in [2.05, 4.69) is 61.1 Å². The van der Waals surface area contributed by atoms with Crippen LogP contribution in [-0.2, 0) is 4.74 Å². The summed E-state index contributed by atoms with van der Waals surface area (Å²) in [5.41, 5.74) is 3.00. The van der Waals surface area contributed by atoms with Crippen molar-refractivity contribution in [2.24, 2.45) is 4.99 Å². The predicted octanol–water partition coefficient (Wildman–Crippen LogP) is 4.44. The molecule has 29 heavy (non-hydrogen) atoms. The van der Waals surface area contributed by atoms with E-state index < -0.39 is 0 Å². The third-order valence-corrected chi connectivity index (χ3v) is 7.08. The molecule has 2 atom stereocenters. The van der Waals surface area contributed by atoms with Gasteiger partial charge in [-0.1, -0.05) is 26.0 Å². The number of aliphatic imine (C=N–C) groups is 1. The smallest absolute Gasteiger partial charge is 0.158 e. The molecule has 0 saturated carbocycles.